The second-order valence-corrected chi connectivity index (χ2v) is 5.63. The fourth-order valence-electron chi connectivity index (χ4n) is 2.30. The van der Waals surface area contributed by atoms with Gasteiger partial charge in [0.2, 0.25) is 5.91 Å². The van der Waals surface area contributed by atoms with E-state index in [2.05, 4.69) is 25.9 Å². The second-order valence-electron chi connectivity index (χ2n) is 5.63. The molecule has 8 nitrogen and oxygen atoms in total. The monoisotopic (exact) mass is 339 g/mol. The highest BCUT2D eigenvalue weighted by atomic mass is 16.2. The molecular formula is C17H21N7O. The zero-order valence-corrected chi connectivity index (χ0v) is 14.4. The van der Waals surface area contributed by atoms with Crippen LogP contribution in [0.4, 0.5) is 17.2 Å². The summed E-state index contributed by atoms with van der Waals surface area (Å²) in [5.74, 6) is 0.377. The summed E-state index contributed by atoms with van der Waals surface area (Å²) in [6.45, 7) is 4.12. The second kappa shape index (κ2) is 8.08. The average Bonchev–Trinajstić information content (AvgIpc) is 2.58. The van der Waals surface area contributed by atoms with Crippen LogP contribution in [0.2, 0.25) is 0 Å². The molecule has 130 valence electrons. The summed E-state index contributed by atoms with van der Waals surface area (Å²) in [4.78, 5) is 20.0. The van der Waals surface area contributed by atoms with E-state index >= 15 is 0 Å². The number of hydrogen-bond donors (Lipinski definition) is 4. The van der Waals surface area contributed by atoms with E-state index in [-0.39, 0.29) is 18.1 Å². The molecule has 0 saturated heterocycles. The molecule has 1 unspecified atom stereocenters. The molecule has 2 heterocycles. The van der Waals surface area contributed by atoms with Gasteiger partial charge in [0.25, 0.3) is 0 Å². The third kappa shape index (κ3) is 4.89. The van der Waals surface area contributed by atoms with Crippen molar-refractivity contribution in [1.29, 1.82) is 5.26 Å². The van der Waals surface area contributed by atoms with Crippen LogP contribution in [0.15, 0.2) is 24.4 Å². The Morgan fingerprint density at radius 3 is 2.76 bits per heavy atom. The zero-order chi connectivity index (χ0) is 18.4. The number of aryl methyl sites for hydroxylation is 2. The molecule has 0 aliphatic carbocycles. The molecule has 2 rings (SSSR count). The third-order valence-electron chi connectivity index (χ3n) is 3.46. The molecule has 0 radical (unpaired) electrons. The van der Waals surface area contributed by atoms with E-state index in [9.17, 15) is 10.1 Å². The van der Waals surface area contributed by atoms with E-state index in [1.807, 2.05) is 32.0 Å². The molecule has 1 atom stereocenters. The van der Waals surface area contributed by atoms with E-state index in [0.29, 0.717) is 17.2 Å². The quantitative estimate of drug-likeness (QED) is 0.622. The van der Waals surface area contributed by atoms with Crippen LogP contribution >= 0.6 is 0 Å². The van der Waals surface area contributed by atoms with Gasteiger partial charge in [-0.05, 0) is 37.6 Å². The Balaban J connectivity index is 2.19. The summed E-state index contributed by atoms with van der Waals surface area (Å²) < 4.78 is 0. The first-order valence-electron chi connectivity index (χ1n) is 7.76. The molecular weight excluding hydrogens is 318 g/mol. The number of rotatable bonds is 6. The predicted molar refractivity (Wildman–Crippen MR) is 96.5 cm³/mol. The number of anilines is 3. The van der Waals surface area contributed by atoms with Crippen LogP contribution in [0, 0.1) is 25.2 Å². The molecule has 1 amide bonds. The van der Waals surface area contributed by atoms with E-state index in [1.165, 1.54) is 13.2 Å². The molecule has 0 spiro atoms. The molecule has 0 aliphatic rings. The van der Waals surface area contributed by atoms with Crippen molar-refractivity contribution >= 4 is 23.1 Å². The van der Waals surface area contributed by atoms with Crippen LogP contribution in [0.5, 0.6) is 0 Å². The van der Waals surface area contributed by atoms with Gasteiger partial charge in [0.15, 0.2) is 5.69 Å². The summed E-state index contributed by atoms with van der Waals surface area (Å²) in [7, 11) is 1.53. The highest BCUT2D eigenvalue weighted by Crippen LogP contribution is 2.22. The molecule has 0 bridgehead atoms. The number of pyridine rings is 2. The standard InChI is InChI=1S/C17H21N7O/c1-10-4-11(2)23-16(5-10)24-14-6-12(8-22-15(14)7-18)21-9-13(19)17(25)20-3/h4-6,8,13,21H,9,19H2,1-3H3,(H,20,25)(H,23,24). The minimum absolute atomic E-state index is 0.245. The number of likely N-dealkylation sites (N-methyl/N-ethyl adjacent to an activating group) is 1. The van der Waals surface area contributed by atoms with Gasteiger partial charge in [0, 0.05) is 19.3 Å². The van der Waals surface area contributed by atoms with Crippen molar-refractivity contribution in [2.75, 3.05) is 24.2 Å². The van der Waals surface area contributed by atoms with Gasteiger partial charge in [0.1, 0.15) is 17.9 Å². The Labute approximate surface area is 146 Å². The first-order chi connectivity index (χ1) is 11.9. The Morgan fingerprint density at radius 1 is 1.36 bits per heavy atom. The van der Waals surface area contributed by atoms with Crippen molar-refractivity contribution in [1.82, 2.24) is 15.3 Å². The molecule has 0 aromatic carbocycles. The maximum atomic E-state index is 11.4. The average molecular weight is 339 g/mol. The fraction of sp³-hybridized carbons (Fsp3) is 0.294. The lowest BCUT2D eigenvalue weighted by Gasteiger charge is -2.14. The molecule has 2 aromatic rings. The van der Waals surface area contributed by atoms with Crippen molar-refractivity contribution in [3.8, 4) is 6.07 Å². The summed E-state index contributed by atoms with van der Waals surface area (Å²) >= 11 is 0. The van der Waals surface area contributed by atoms with Gasteiger partial charge in [-0.2, -0.15) is 5.26 Å². The number of nitriles is 1. The van der Waals surface area contributed by atoms with Gasteiger partial charge in [0.05, 0.1) is 17.6 Å². The van der Waals surface area contributed by atoms with Crippen molar-refractivity contribution in [2.24, 2.45) is 5.73 Å². The number of hydrogen-bond acceptors (Lipinski definition) is 7. The Bertz CT molecular complexity index is 793. The molecule has 5 N–H and O–H groups in total. The predicted octanol–water partition coefficient (Wildman–Crippen LogP) is 1.19. The lowest BCUT2D eigenvalue weighted by molar-refractivity contribution is -0.121. The normalized spacial score (nSPS) is 11.3. The Kier molecular flexibility index (Phi) is 5.87. The number of carbonyl (C=O) groups excluding carboxylic acids is 1. The van der Waals surface area contributed by atoms with Crippen molar-refractivity contribution < 1.29 is 4.79 Å². The van der Waals surface area contributed by atoms with Crippen LogP contribution < -0.4 is 21.7 Å². The highest BCUT2D eigenvalue weighted by Gasteiger charge is 2.12. The lowest BCUT2D eigenvalue weighted by Crippen LogP contribution is -2.43. The van der Waals surface area contributed by atoms with Crippen LogP contribution in [0.25, 0.3) is 0 Å². The number of nitrogens with one attached hydrogen (secondary N) is 3. The molecule has 8 heteroatoms. The number of aromatic nitrogens is 2. The van der Waals surface area contributed by atoms with Crippen molar-refractivity contribution in [3.63, 3.8) is 0 Å². The van der Waals surface area contributed by atoms with Crippen LogP contribution in [-0.4, -0.2) is 35.5 Å². The van der Waals surface area contributed by atoms with Crippen LogP contribution in [0.1, 0.15) is 17.0 Å². The zero-order valence-electron chi connectivity index (χ0n) is 14.4. The first kappa shape index (κ1) is 18.2. The minimum Gasteiger partial charge on any atom is -0.382 e. The minimum atomic E-state index is -0.682. The van der Waals surface area contributed by atoms with Crippen molar-refractivity contribution in [2.45, 2.75) is 19.9 Å². The van der Waals surface area contributed by atoms with Gasteiger partial charge in [-0.1, -0.05) is 0 Å². The summed E-state index contributed by atoms with van der Waals surface area (Å²) in [5, 5.41) is 17.9. The maximum Gasteiger partial charge on any atom is 0.238 e. The Morgan fingerprint density at radius 2 is 2.12 bits per heavy atom. The first-order valence-corrected chi connectivity index (χ1v) is 7.76. The van der Waals surface area contributed by atoms with Crippen LogP contribution in [0.3, 0.4) is 0 Å². The highest BCUT2D eigenvalue weighted by molar-refractivity contribution is 5.81. The Hall–Kier alpha value is -3.18. The van der Waals surface area contributed by atoms with Gasteiger partial charge in [-0.3, -0.25) is 4.79 Å². The van der Waals surface area contributed by atoms with Crippen LogP contribution in [-0.2, 0) is 4.79 Å². The number of carbonyl (C=O) groups is 1. The van der Waals surface area contributed by atoms with E-state index < -0.39 is 6.04 Å². The summed E-state index contributed by atoms with van der Waals surface area (Å²) in [6, 6.07) is 6.95. The van der Waals surface area contributed by atoms with Gasteiger partial charge in [-0.15, -0.1) is 0 Å². The third-order valence-corrected chi connectivity index (χ3v) is 3.46. The van der Waals surface area contributed by atoms with Crippen molar-refractivity contribution in [3.05, 3.63) is 41.3 Å². The largest absolute Gasteiger partial charge is 0.382 e. The summed E-state index contributed by atoms with van der Waals surface area (Å²) in [6.07, 6.45) is 1.52. The van der Waals surface area contributed by atoms with Gasteiger partial charge >= 0.3 is 0 Å². The number of nitrogens with two attached hydrogens (primary N) is 1. The topological polar surface area (TPSA) is 129 Å². The molecule has 0 aliphatic heterocycles. The smallest absolute Gasteiger partial charge is 0.238 e. The fourth-order valence-corrected chi connectivity index (χ4v) is 2.30. The van der Waals surface area contributed by atoms with Gasteiger partial charge < -0.3 is 21.7 Å². The van der Waals surface area contributed by atoms with E-state index in [0.717, 1.165) is 11.3 Å². The number of amides is 1. The molecule has 25 heavy (non-hydrogen) atoms. The molecule has 0 saturated carbocycles. The van der Waals surface area contributed by atoms with Gasteiger partial charge in [-0.25, -0.2) is 9.97 Å². The lowest BCUT2D eigenvalue weighted by atomic mass is 10.2. The molecule has 0 fully saturated rings. The maximum absolute atomic E-state index is 11.4. The summed E-state index contributed by atoms with van der Waals surface area (Å²) in [5.41, 5.74) is 9.11. The molecule has 2 aromatic heterocycles. The van der Waals surface area contributed by atoms with E-state index in [4.69, 9.17) is 5.73 Å². The SMILES string of the molecule is CNC(=O)C(N)CNc1cnc(C#N)c(Nc2cc(C)cc(C)n2)c1. The number of nitrogens with zero attached hydrogens (tertiary/aromatic N) is 3. The van der Waals surface area contributed by atoms with E-state index in [1.54, 1.807) is 6.07 Å².